The molecule has 1 amide bonds. The van der Waals surface area contributed by atoms with E-state index in [1.807, 2.05) is 30.5 Å². The molecule has 5 aromatic rings. The number of carbonyl (C=O) groups excluding carboxylic acids is 1. The van der Waals surface area contributed by atoms with Gasteiger partial charge in [-0.3, -0.25) is 4.79 Å². The monoisotopic (exact) mass is 631 g/mol. The fraction of sp³-hybridized carbons (Fsp3) is 0.231. The number of aryl methyl sites for hydroxylation is 1. The van der Waals surface area contributed by atoms with E-state index in [9.17, 15) is 39.9 Å². The van der Waals surface area contributed by atoms with Crippen molar-refractivity contribution < 1.29 is 39.9 Å². The van der Waals surface area contributed by atoms with Crippen LogP contribution in [0.1, 0.15) is 27.2 Å². The fourth-order valence-electron chi connectivity index (χ4n) is 4.50. The Morgan fingerprint density at radius 1 is 1.05 bits per heavy atom. The Balaban J connectivity index is 1.41. The van der Waals surface area contributed by atoms with Crippen molar-refractivity contribution in [1.82, 2.24) is 35.1 Å². The first-order valence-corrected chi connectivity index (χ1v) is 12.6. The zero-order chi connectivity index (χ0) is 31.3. The second-order valence-electron chi connectivity index (χ2n) is 9.35. The van der Waals surface area contributed by atoms with E-state index in [2.05, 4.69) is 25.7 Å². The number of hydrogen-bond acceptors (Lipinski definition) is 4. The summed E-state index contributed by atoms with van der Waals surface area (Å²) < 4.78 is 109. The quantitative estimate of drug-likeness (QED) is 0.202. The van der Waals surface area contributed by atoms with Gasteiger partial charge >= 0.3 is 18.3 Å². The number of nitrogens with zero attached hydrogens (tertiary/aromatic N) is 5. The van der Waals surface area contributed by atoms with Gasteiger partial charge in [0.05, 0.1) is 16.8 Å². The van der Waals surface area contributed by atoms with Crippen LogP contribution in [0.2, 0.25) is 5.02 Å². The second-order valence-corrected chi connectivity index (χ2v) is 9.76. The summed E-state index contributed by atoms with van der Waals surface area (Å²) in [5, 5.41) is 13.8. The molecule has 2 N–H and O–H groups in total. The summed E-state index contributed by atoms with van der Waals surface area (Å²) in [5.41, 5.74) is -2.95. The van der Waals surface area contributed by atoms with Crippen LogP contribution in [0.3, 0.4) is 0 Å². The molecular formula is C26H18ClF8N7O. The lowest BCUT2D eigenvalue weighted by atomic mass is 10.1. The molecule has 2 aromatic carbocycles. The van der Waals surface area contributed by atoms with Gasteiger partial charge in [-0.25, -0.2) is 9.36 Å². The molecule has 0 saturated carbocycles. The van der Waals surface area contributed by atoms with Gasteiger partial charge in [-0.2, -0.15) is 40.2 Å². The van der Waals surface area contributed by atoms with Crippen LogP contribution in [0.15, 0.2) is 54.9 Å². The number of halogens is 9. The van der Waals surface area contributed by atoms with Gasteiger partial charge < -0.3 is 10.3 Å². The van der Waals surface area contributed by atoms with Crippen molar-refractivity contribution >= 4 is 28.4 Å². The molecule has 43 heavy (non-hydrogen) atoms. The van der Waals surface area contributed by atoms with Crippen LogP contribution in [0, 0.1) is 0 Å². The van der Waals surface area contributed by atoms with E-state index in [0.29, 0.717) is 11.1 Å². The molecule has 0 bridgehead atoms. The molecule has 0 radical (unpaired) electrons. The smallest absolute Gasteiger partial charge is 0.361 e. The third kappa shape index (κ3) is 5.53. The first-order valence-electron chi connectivity index (χ1n) is 12.2. The fourth-order valence-corrected chi connectivity index (χ4v) is 4.70. The normalized spacial score (nSPS) is 12.7. The maximum atomic E-state index is 14.0. The number of H-pyrrole nitrogens is 1. The van der Waals surface area contributed by atoms with Gasteiger partial charge in [0.25, 0.3) is 5.91 Å². The van der Waals surface area contributed by atoms with E-state index in [4.69, 9.17) is 11.6 Å². The van der Waals surface area contributed by atoms with Gasteiger partial charge in [0, 0.05) is 36.3 Å². The number of para-hydroxylation sites is 1. The second kappa shape index (κ2) is 10.7. The van der Waals surface area contributed by atoms with Crippen molar-refractivity contribution in [2.24, 2.45) is 7.05 Å². The summed E-state index contributed by atoms with van der Waals surface area (Å²) in [5.74, 6) is -7.71. The van der Waals surface area contributed by atoms with Crippen molar-refractivity contribution in [2.45, 2.75) is 24.7 Å². The minimum absolute atomic E-state index is 0.00346. The average molecular weight is 632 g/mol. The third-order valence-corrected chi connectivity index (χ3v) is 6.86. The summed E-state index contributed by atoms with van der Waals surface area (Å²) in [6.07, 6.45) is -8.83. The highest BCUT2D eigenvalue weighted by Crippen LogP contribution is 2.49. The van der Waals surface area contributed by atoms with E-state index in [0.717, 1.165) is 29.7 Å². The van der Waals surface area contributed by atoms with Gasteiger partial charge in [-0.15, -0.1) is 5.10 Å². The topological polar surface area (TPSA) is 93.4 Å². The largest absolute Gasteiger partial charge is 0.459 e. The number of benzene rings is 2. The van der Waals surface area contributed by atoms with Crippen LogP contribution < -0.4 is 5.32 Å². The molecule has 5 rings (SSSR count). The summed E-state index contributed by atoms with van der Waals surface area (Å²) in [6.45, 7) is 0.239. The van der Waals surface area contributed by atoms with Crippen LogP contribution in [0.25, 0.3) is 28.0 Å². The zero-order valence-corrected chi connectivity index (χ0v) is 22.4. The standard InChI is InChI=1S/C26H18ClF8N7O/c1-41-23(20(25(30,31)32)21(39-41)24(28,29)26(33,34)35)42-12-19(38-40-42)13-6-7-17(27)16(10-13)22(43)36-9-8-14-11-37-18-5-3-2-4-15(14)18/h2-7,10-12,37H,8-9H2,1H3,(H,36,43). The third-order valence-electron chi connectivity index (χ3n) is 6.53. The Bertz CT molecular complexity index is 1820. The predicted molar refractivity (Wildman–Crippen MR) is 138 cm³/mol. The van der Waals surface area contributed by atoms with Crippen LogP contribution in [0.5, 0.6) is 0 Å². The zero-order valence-electron chi connectivity index (χ0n) is 21.7. The lowest BCUT2D eigenvalue weighted by Gasteiger charge is -2.19. The maximum absolute atomic E-state index is 14.0. The molecule has 0 atom stereocenters. The van der Waals surface area contributed by atoms with Crippen molar-refractivity contribution in [3.8, 4) is 17.1 Å². The number of aromatic nitrogens is 6. The maximum Gasteiger partial charge on any atom is 0.459 e. The number of aromatic amines is 1. The number of amides is 1. The number of carbonyl (C=O) groups is 1. The minimum Gasteiger partial charge on any atom is -0.361 e. The summed E-state index contributed by atoms with van der Waals surface area (Å²) >= 11 is 6.20. The molecule has 0 saturated heterocycles. The number of fused-ring (bicyclic) bond motifs is 1. The Kier molecular flexibility index (Phi) is 7.44. The van der Waals surface area contributed by atoms with E-state index in [1.54, 1.807) is 0 Å². The Labute approximate surface area is 241 Å². The van der Waals surface area contributed by atoms with Crippen molar-refractivity contribution in [1.29, 1.82) is 0 Å². The highest BCUT2D eigenvalue weighted by Gasteiger charge is 2.64. The average Bonchev–Trinajstić information content (AvgIpc) is 3.65. The van der Waals surface area contributed by atoms with E-state index >= 15 is 0 Å². The molecule has 0 aliphatic rings. The lowest BCUT2D eigenvalue weighted by Crippen LogP contribution is -2.36. The summed E-state index contributed by atoms with van der Waals surface area (Å²) in [7, 11) is 0.753. The molecule has 8 nitrogen and oxygen atoms in total. The number of nitrogens with one attached hydrogen (secondary N) is 2. The van der Waals surface area contributed by atoms with E-state index in [1.165, 1.54) is 18.2 Å². The number of hydrogen-bond donors (Lipinski definition) is 2. The van der Waals surface area contributed by atoms with Crippen molar-refractivity contribution in [2.75, 3.05) is 6.54 Å². The first kappa shape index (κ1) is 30.0. The predicted octanol–water partition coefficient (Wildman–Crippen LogP) is 6.45. The SMILES string of the molecule is Cn1nc(C(F)(F)C(F)(F)F)c(C(F)(F)F)c1-n1cc(-c2ccc(Cl)c(C(=O)NCCc3c[nH]c4ccccc34)c2)nn1. The minimum atomic E-state index is -6.35. The Hall–Kier alpha value is -4.47. The number of rotatable bonds is 7. The molecule has 3 aromatic heterocycles. The molecular weight excluding hydrogens is 614 g/mol. The number of alkyl halides is 8. The molecule has 0 fully saturated rings. The molecule has 0 unspecified atom stereocenters. The van der Waals surface area contributed by atoms with E-state index in [-0.39, 0.29) is 33.1 Å². The van der Waals surface area contributed by atoms with Crippen LogP contribution in [-0.2, 0) is 25.6 Å². The van der Waals surface area contributed by atoms with Gasteiger partial charge in [0.15, 0.2) is 11.5 Å². The van der Waals surface area contributed by atoms with Gasteiger partial charge in [0.2, 0.25) is 0 Å². The van der Waals surface area contributed by atoms with Gasteiger partial charge in [0.1, 0.15) is 11.3 Å². The highest BCUT2D eigenvalue weighted by atomic mass is 35.5. The molecule has 17 heteroatoms. The van der Waals surface area contributed by atoms with E-state index < -0.39 is 41.3 Å². The Morgan fingerprint density at radius 2 is 1.77 bits per heavy atom. The van der Waals surface area contributed by atoms with Crippen LogP contribution in [-0.4, -0.2) is 48.4 Å². The van der Waals surface area contributed by atoms with Crippen molar-refractivity contribution in [3.63, 3.8) is 0 Å². The lowest BCUT2D eigenvalue weighted by molar-refractivity contribution is -0.292. The van der Waals surface area contributed by atoms with Crippen LogP contribution >= 0.6 is 11.6 Å². The summed E-state index contributed by atoms with van der Waals surface area (Å²) in [6, 6.07) is 11.6. The first-order chi connectivity index (χ1) is 20.1. The summed E-state index contributed by atoms with van der Waals surface area (Å²) in [4.78, 5) is 16.0. The van der Waals surface area contributed by atoms with Gasteiger partial charge in [-0.05, 0) is 30.2 Å². The van der Waals surface area contributed by atoms with Gasteiger partial charge in [-0.1, -0.05) is 41.1 Å². The molecule has 0 aliphatic heterocycles. The molecule has 0 spiro atoms. The Morgan fingerprint density at radius 3 is 2.47 bits per heavy atom. The molecule has 0 aliphatic carbocycles. The molecule has 226 valence electrons. The molecule has 3 heterocycles. The van der Waals surface area contributed by atoms with Crippen LogP contribution in [0.4, 0.5) is 35.1 Å². The van der Waals surface area contributed by atoms with Crippen molar-refractivity contribution in [3.05, 3.63) is 82.3 Å². The highest BCUT2D eigenvalue weighted by molar-refractivity contribution is 6.34.